The summed E-state index contributed by atoms with van der Waals surface area (Å²) >= 11 is 6.14. The topological polar surface area (TPSA) is 43.8 Å². The third-order valence-electron chi connectivity index (χ3n) is 2.22. The smallest absolute Gasteiger partial charge is 0.0832 e. The van der Waals surface area contributed by atoms with E-state index in [9.17, 15) is 0 Å². The number of benzene rings is 1. The first-order valence-electron chi connectivity index (χ1n) is 4.72. The normalized spacial score (nSPS) is 10.6. The van der Waals surface area contributed by atoms with Crippen molar-refractivity contribution in [1.29, 1.82) is 0 Å². The van der Waals surface area contributed by atoms with Crippen molar-refractivity contribution in [1.82, 2.24) is 9.78 Å². The fraction of sp³-hybridized carbons (Fsp3) is 0.182. The average molecular weight is 222 g/mol. The number of nitrogens with zero attached hydrogens (tertiary/aromatic N) is 2. The van der Waals surface area contributed by atoms with Crippen LogP contribution in [0.15, 0.2) is 30.5 Å². The van der Waals surface area contributed by atoms with Crippen molar-refractivity contribution in [3.8, 4) is 5.69 Å². The molecule has 0 aliphatic rings. The van der Waals surface area contributed by atoms with Gasteiger partial charge in [0.25, 0.3) is 0 Å². The van der Waals surface area contributed by atoms with Gasteiger partial charge in [-0.25, -0.2) is 4.68 Å². The molecule has 15 heavy (non-hydrogen) atoms. The van der Waals surface area contributed by atoms with E-state index in [1.807, 2.05) is 37.4 Å². The highest BCUT2D eigenvalue weighted by atomic mass is 35.5. The van der Waals surface area contributed by atoms with Crippen molar-refractivity contribution in [2.24, 2.45) is 5.73 Å². The van der Waals surface area contributed by atoms with E-state index in [4.69, 9.17) is 17.3 Å². The second-order valence-corrected chi connectivity index (χ2v) is 3.80. The van der Waals surface area contributed by atoms with E-state index in [0.29, 0.717) is 11.6 Å². The Balaban J connectivity index is 2.45. The maximum Gasteiger partial charge on any atom is 0.0832 e. The van der Waals surface area contributed by atoms with Crippen LogP contribution in [-0.2, 0) is 6.54 Å². The molecule has 0 saturated carbocycles. The Morgan fingerprint density at radius 2 is 2.20 bits per heavy atom. The molecule has 2 rings (SSSR count). The highest BCUT2D eigenvalue weighted by molar-refractivity contribution is 6.32. The second-order valence-electron chi connectivity index (χ2n) is 3.39. The molecule has 0 fully saturated rings. The summed E-state index contributed by atoms with van der Waals surface area (Å²) in [5, 5.41) is 4.97. The molecule has 1 heterocycles. The van der Waals surface area contributed by atoms with E-state index < -0.39 is 0 Å². The molecule has 1 aromatic carbocycles. The highest BCUT2D eigenvalue weighted by Gasteiger charge is 2.04. The molecule has 0 amide bonds. The lowest BCUT2D eigenvalue weighted by Crippen LogP contribution is -2.00. The van der Waals surface area contributed by atoms with Crippen LogP contribution in [0.5, 0.6) is 0 Å². The van der Waals surface area contributed by atoms with Crippen LogP contribution in [0.2, 0.25) is 5.02 Å². The molecule has 0 spiro atoms. The predicted molar refractivity (Wildman–Crippen MR) is 61.2 cm³/mol. The Morgan fingerprint density at radius 1 is 1.40 bits per heavy atom. The molecule has 0 radical (unpaired) electrons. The number of aryl methyl sites for hydroxylation is 1. The van der Waals surface area contributed by atoms with Gasteiger partial charge in [-0.15, -0.1) is 0 Å². The van der Waals surface area contributed by atoms with Gasteiger partial charge in [0.1, 0.15) is 0 Å². The standard InChI is InChI=1S/C11H12ClN3/c1-8-4-5-15(14-8)11-3-2-9(7-13)6-10(11)12/h2-6H,7,13H2,1H3. The van der Waals surface area contributed by atoms with Gasteiger partial charge in [-0.1, -0.05) is 17.7 Å². The molecule has 2 N–H and O–H groups in total. The Morgan fingerprint density at radius 3 is 2.73 bits per heavy atom. The lowest BCUT2D eigenvalue weighted by Gasteiger charge is -2.05. The van der Waals surface area contributed by atoms with Gasteiger partial charge in [-0.2, -0.15) is 5.10 Å². The lowest BCUT2D eigenvalue weighted by atomic mass is 10.2. The molecule has 4 heteroatoms. The summed E-state index contributed by atoms with van der Waals surface area (Å²) in [4.78, 5) is 0. The van der Waals surface area contributed by atoms with Gasteiger partial charge < -0.3 is 5.73 Å². The minimum absolute atomic E-state index is 0.498. The Kier molecular flexibility index (Phi) is 2.75. The van der Waals surface area contributed by atoms with Gasteiger partial charge in [0.15, 0.2) is 0 Å². The van der Waals surface area contributed by atoms with Gasteiger partial charge in [0, 0.05) is 12.7 Å². The maximum absolute atomic E-state index is 6.14. The number of hydrogen-bond donors (Lipinski definition) is 1. The second kappa shape index (κ2) is 4.04. The zero-order valence-corrected chi connectivity index (χ0v) is 9.20. The zero-order chi connectivity index (χ0) is 10.8. The zero-order valence-electron chi connectivity index (χ0n) is 8.44. The van der Waals surface area contributed by atoms with Crippen LogP contribution in [0.4, 0.5) is 0 Å². The Labute approximate surface area is 93.5 Å². The largest absolute Gasteiger partial charge is 0.326 e. The molecule has 0 aliphatic carbocycles. The van der Waals surface area contributed by atoms with E-state index in [2.05, 4.69) is 5.10 Å². The molecule has 0 bridgehead atoms. The fourth-order valence-electron chi connectivity index (χ4n) is 1.41. The molecule has 3 nitrogen and oxygen atoms in total. The lowest BCUT2D eigenvalue weighted by molar-refractivity contribution is 0.861. The van der Waals surface area contributed by atoms with Crippen LogP contribution in [-0.4, -0.2) is 9.78 Å². The maximum atomic E-state index is 6.14. The van der Waals surface area contributed by atoms with E-state index in [1.165, 1.54) is 0 Å². The number of rotatable bonds is 2. The number of hydrogen-bond acceptors (Lipinski definition) is 2. The van der Waals surface area contributed by atoms with E-state index in [-0.39, 0.29) is 0 Å². The molecule has 1 aromatic heterocycles. The quantitative estimate of drug-likeness (QED) is 0.846. The number of nitrogens with two attached hydrogens (primary N) is 1. The minimum atomic E-state index is 0.498. The third-order valence-corrected chi connectivity index (χ3v) is 2.52. The van der Waals surface area contributed by atoms with Crippen molar-refractivity contribution in [3.05, 3.63) is 46.7 Å². The summed E-state index contributed by atoms with van der Waals surface area (Å²) in [6.07, 6.45) is 1.89. The predicted octanol–water partition coefficient (Wildman–Crippen LogP) is 2.29. The van der Waals surface area contributed by atoms with Crippen molar-refractivity contribution < 1.29 is 0 Å². The van der Waals surface area contributed by atoms with Crippen molar-refractivity contribution in [3.63, 3.8) is 0 Å². The van der Waals surface area contributed by atoms with Crippen molar-refractivity contribution in [2.45, 2.75) is 13.5 Å². The van der Waals surface area contributed by atoms with Gasteiger partial charge in [0.05, 0.1) is 16.4 Å². The van der Waals surface area contributed by atoms with Gasteiger partial charge >= 0.3 is 0 Å². The monoisotopic (exact) mass is 221 g/mol. The summed E-state index contributed by atoms with van der Waals surface area (Å²) in [6, 6.07) is 7.69. The van der Waals surface area contributed by atoms with Crippen LogP contribution in [0.1, 0.15) is 11.3 Å². The van der Waals surface area contributed by atoms with E-state index in [0.717, 1.165) is 16.9 Å². The molecule has 0 unspecified atom stereocenters. The van der Waals surface area contributed by atoms with Crippen LogP contribution < -0.4 is 5.73 Å². The molecule has 78 valence electrons. The molecular formula is C11H12ClN3. The summed E-state index contributed by atoms with van der Waals surface area (Å²) in [7, 11) is 0. The number of halogens is 1. The Hall–Kier alpha value is -1.32. The van der Waals surface area contributed by atoms with Crippen LogP contribution >= 0.6 is 11.6 Å². The van der Waals surface area contributed by atoms with Gasteiger partial charge in [-0.05, 0) is 30.7 Å². The molecule has 0 atom stereocenters. The van der Waals surface area contributed by atoms with Crippen molar-refractivity contribution in [2.75, 3.05) is 0 Å². The summed E-state index contributed by atoms with van der Waals surface area (Å²) in [5.74, 6) is 0. The first-order valence-corrected chi connectivity index (χ1v) is 5.09. The van der Waals surface area contributed by atoms with Crippen LogP contribution in [0.3, 0.4) is 0 Å². The van der Waals surface area contributed by atoms with E-state index in [1.54, 1.807) is 4.68 Å². The summed E-state index contributed by atoms with van der Waals surface area (Å²) in [5.41, 5.74) is 8.39. The van der Waals surface area contributed by atoms with Gasteiger partial charge in [-0.3, -0.25) is 0 Å². The minimum Gasteiger partial charge on any atom is -0.326 e. The molecule has 0 saturated heterocycles. The SMILES string of the molecule is Cc1ccn(-c2ccc(CN)cc2Cl)n1. The van der Waals surface area contributed by atoms with Crippen LogP contribution in [0.25, 0.3) is 5.69 Å². The first-order chi connectivity index (χ1) is 7.20. The number of aromatic nitrogens is 2. The fourth-order valence-corrected chi connectivity index (χ4v) is 1.70. The van der Waals surface area contributed by atoms with Gasteiger partial charge in [0.2, 0.25) is 0 Å². The van der Waals surface area contributed by atoms with Crippen molar-refractivity contribution >= 4 is 11.6 Å². The Bertz CT molecular complexity index is 476. The van der Waals surface area contributed by atoms with Crippen LogP contribution in [0, 0.1) is 6.92 Å². The first kappa shape index (κ1) is 10.2. The molecular weight excluding hydrogens is 210 g/mol. The molecule has 0 aliphatic heterocycles. The third kappa shape index (κ3) is 2.03. The summed E-state index contributed by atoms with van der Waals surface area (Å²) in [6.45, 7) is 2.44. The highest BCUT2D eigenvalue weighted by Crippen LogP contribution is 2.21. The average Bonchev–Trinajstić information content (AvgIpc) is 2.64. The molecule has 2 aromatic rings. The van der Waals surface area contributed by atoms with E-state index >= 15 is 0 Å². The summed E-state index contributed by atoms with van der Waals surface area (Å²) < 4.78 is 1.76.